The smallest absolute Gasteiger partial charge is 0.350 e. The molecule has 0 radical (unpaired) electrons. The van der Waals surface area contributed by atoms with Crippen molar-refractivity contribution >= 4 is 11.7 Å². The average Bonchev–Trinajstić information content (AvgIpc) is 2.99. The number of methoxy groups -OCH3 is 1. The zero-order valence-corrected chi connectivity index (χ0v) is 22.1. The van der Waals surface area contributed by atoms with Gasteiger partial charge in [0.05, 0.1) is 18.0 Å². The van der Waals surface area contributed by atoms with Crippen LogP contribution in [0.25, 0.3) is 0 Å². The predicted octanol–water partition coefficient (Wildman–Crippen LogP) is 5.76. The van der Waals surface area contributed by atoms with Crippen LogP contribution in [0.4, 0.5) is 10.1 Å². The first-order valence-corrected chi connectivity index (χ1v) is 12.5. The Balaban J connectivity index is 1.45. The Morgan fingerprint density at radius 2 is 1.83 bits per heavy atom. The normalized spacial score (nSPS) is 13.8. The number of nitro groups is 1. The van der Waals surface area contributed by atoms with Gasteiger partial charge in [0.2, 0.25) is 5.88 Å². The van der Waals surface area contributed by atoms with Gasteiger partial charge in [-0.05, 0) is 35.9 Å². The maximum absolute atomic E-state index is 14.1. The summed E-state index contributed by atoms with van der Waals surface area (Å²) in [7, 11) is 1.46. The lowest BCUT2D eigenvalue weighted by molar-refractivity contribution is -0.385. The number of hydrogen-bond donors (Lipinski definition) is 1. The van der Waals surface area contributed by atoms with E-state index in [-0.39, 0.29) is 35.1 Å². The molecule has 2 N–H and O–H groups in total. The third-order valence-electron chi connectivity index (χ3n) is 6.58. The Bertz CT molecular complexity index is 1780. The van der Waals surface area contributed by atoms with Gasteiger partial charge >= 0.3 is 5.97 Å². The molecule has 42 heavy (non-hydrogen) atoms. The number of benzene rings is 4. The van der Waals surface area contributed by atoms with E-state index in [1.165, 1.54) is 49.6 Å². The van der Waals surface area contributed by atoms with E-state index >= 15 is 0 Å². The van der Waals surface area contributed by atoms with E-state index in [0.29, 0.717) is 28.2 Å². The molecule has 4 aromatic rings. The molecule has 0 saturated heterocycles. The van der Waals surface area contributed by atoms with Crippen LogP contribution in [0.2, 0.25) is 0 Å². The number of halogens is 1. The van der Waals surface area contributed by atoms with Crippen molar-refractivity contribution in [2.24, 2.45) is 5.73 Å². The predicted molar refractivity (Wildman–Crippen MR) is 148 cm³/mol. The van der Waals surface area contributed by atoms with E-state index in [9.17, 15) is 24.6 Å². The molecule has 1 atom stereocenters. The quantitative estimate of drug-likeness (QED) is 0.121. The number of nitro benzene ring substituents is 1. The topological polar surface area (TPSA) is 147 Å². The van der Waals surface area contributed by atoms with Crippen molar-refractivity contribution in [3.63, 3.8) is 0 Å². The molecule has 0 aliphatic carbocycles. The highest BCUT2D eigenvalue weighted by molar-refractivity contribution is 5.95. The van der Waals surface area contributed by atoms with E-state index in [1.54, 1.807) is 42.5 Å². The molecule has 0 aromatic heterocycles. The van der Waals surface area contributed by atoms with Crippen LogP contribution in [-0.2, 0) is 6.61 Å². The van der Waals surface area contributed by atoms with E-state index in [4.69, 9.17) is 24.7 Å². The molecule has 1 heterocycles. The van der Waals surface area contributed by atoms with Crippen LogP contribution in [0, 0.1) is 27.3 Å². The lowest BCUT2D eigenvalue weighted by atomic mass is 9.83. The van der Waals surface area contributed by atoms with Crippen LogP contribution in [0.3, 0.4) is 0 Å². The molecule has 4 aromatic carbocycles. The maximum Gasteiger partial charge on any atom is 0.350 e. The van der Waals surface area contributed by atoms with Gasteiger partial charge in [0.1, 0.15) is 41.1 Å². The first kappa shape index (κ1) is 27.7. The molecular weight excluding hydrogens is 545 g/mol. The summed E-state index contributed by atoms with van der Waals surface area (Å²) in [5, 5.41) is 21.2. The number of fused-ring (bicyclic) bond motifs is 1. The lowest BCUT2D eigenvalue weighted by Crippen LogP contribution is -2.21. The SMILES string of the molecule is COc1cc(C2C(C#N)=C(N)Oc3cc(OC(=O)c4ccccc4[N+](=O)[O-])ccc32)ccc1OCc1ccccc1F. The monoisotopic (exact) mass is 567 g/mol. The average molecular weight is 568 g/mol. The summed E-state index contributed by atoms with van der Waals surface area (Å²) in [5.41, 5.74) is 7.21. The van der Waals surface area contributed by atoms with Gasteiger partial charge in [-0.1, -0.05) is 42.5 Å². The molecule has 1 aliphatic heterocycles. The Labute approximate surface area is 239 Å². The third kappa shape index (κ3) is 5.41. The van der Waals surface area contributed by atoms with E-state index in [2.05, 4.69) is 6.07 Å². The van der Waals surface area contributed by atoms with Crippen LogP contribution >= 0.6 is 0 Å². The second-order valence-corrected chi connectivity index (χ2v) is 9.08. The van der Waals surface area contributed by atoms with Gasteiger partial charge in [-0.3, -0.25) is 10.1 Å². The number of carbonyl (C=O) groups excluding carboxylic acids is 1. The standard InChI is InChI=1S/C31H22FN3O7/c1-39-28-14-18(10-13-26(28)40-17-19-6-2-4-8-24(19)32)29-22-12-11-20(15-27(22)42-30(34)23(29)16-33)41-31(36)21-7-3-5-9-25(21)35(37)38/h2-15,29H,17,34H2,1H3. The van der Waals surface area contributed by atoms with E-state index < -0.39 is 28.3 Å². The zero-order valence-electron chi connectivity index (χ0n) is 22.1. The minimum absolute atomic E-state index is 0.0214. The molecule has 0 saturated carbocycles. The Hall–Kier alpha value is -5.89. The molecular formula is C31H22FN3O7. The van der Waals surface area contributed by atoms with Crippen molar-refractivity contribution in [1.29, 1.82) is 5.26 Å². The van der Waals surface area contributed by atoms with Crippen LogP contribution < -0.4 is 24.7 Å². The summed E-state index contributed by atoms with van der Waals surface area (Å²) in [5.74, 6) is -1.14. The first-order chi connectivity index (χ1) is 20.3. The largest absolute Gasteiger partial charge is 0.493 e. The van der Waals surface area contributed by atoms with Crippen molar-refractivity contribution < 1.29 is 33.1 Å². The van der Waals surface area contributed by atoms with Crippen molar-refractivity contribution in [3.8, 4) is 29.1 Å². The number of rotatable bonds is 8. The maximum atomic E-state index is 14.1. The number of carbonyl (C=O) groups is 1. The molecule has 0 fully saturated rings. The number of ether oxygens (including phenoxy) is 4. The number of nitriles is 1. The summed E-state index contributed by atoms with van der Waals surface area (Å²) in [6, 6.07) is 23.4. The number of nitrogens with two attached hydrogens (primary N) is 1. The molecule has 11 heteroatoms. The number of esters is 1. The summed E-state index contributed by atoms with van der Waals surface area (Å²) in [6.45, 7) is -0.0214. The summed E-state index contributed by atoms with van der Waals surface area (Å²) < 4.78 is 36.5. The van der Waals surface area contributed by atoms with Crippen LogP contribution in [-0.4, -0.2) is 18.0 Å². The van der Waals surface area contributed by atoms with Gasteiger partial charge in [0.25, 0.3) is 5.69 Å². The Morgan fingerprint density at radius 1 is 1.07 bits per heavy atom. The molecule has 0 bridgehead atoms. The minimum atomic E-state index is -0.924. The molecule has 0 spiro atoms. The molecule has 5 rings (SSSR count). The van der Waals surface area contributed by atoms with Crippen molar-refractivity contribution in [2.75, 3.05) is 7.11 Å². The summed E-state index contributed by atoms with van der Waals surface area (Å²) in [6.07, 6.45) is 0. The Kier molecular flexibility index (Phi) is 7.70. The van der Waals surface area contributed by atoms with E-state index in [0.717, 1.165) is 0 Å². The van der Waals surface area contributed by atoms with Crippen LogP contribution in [0.1, 0.15) is 33.0 Å². The fourth-order valence-corrected chi connectivity index (χ4v) is 4.56. The van der Waals surface area contributed by atoms with Gasteiger partial charge in [0.15, 0.2) is 11.5 Å². The van der Waals surface area contributed by atoms with Crippen molar-refractivity contribution in [2.45, 2.75) is 12.5 Å². The molecule has 0 amide bonds. The van der Waals surface area contributed by atoms with Crippen molar-refractivity contribution in [1.82, 2.24) is 0 Å². The number of para-hydroxylation sites is 1. The Morgan fingerprint density at radius 3 is 2.57 bits per heavy atom. The summed E-state index contributed by atoms with van der Waals surface area (Å²) >= 11 is 0. The zero-order chi connectivity index (χ0) is 29.8. The second-order valence-electron chi connectivity index (χ2n) is 9.08. The van der Waals surface area contributed by atoms with Crippen LogP contribution in [0.15, 0.2) is 96.4 Å². The number of nitrogens with zero attached hydrogens (tertiary/aromatic N) is 2. The van der Waals surface area contributed by atoms with E-state index in [1.807, 2.05) is 0 Å². The minimum Gasteiger partial charge on any atom is -0.493 e. The number of allylic oxidation sites excluding steroid dienone is 1. The van der Waals surface area contributed by atoms with Gasteiger partial charge in [-0.2, -0.15) is 5.26 Å². The molecule has 10 nitrogen and oxygen atoms in total. The van der Waals surface area contributed by atoms with Crippen molar-refractivity contribution in [3.05, 3.63) is 135 Å². The number of hydrogen-bond acceptors (Lipinski definition) is 9. The summed E-state index contributed by atoms with van der Waals surface area (Å²) in [4.78, 5) is 23.4. The highest BCUT2D eigenvalue weighted by Gasteiger charge is 2.32. The second kappa shape index (κ2) is 11.7. The fourth-order valence-electron chi connectivity index (χ4n) is 4.56. The van der Waals surface area contributed by atoms with Crippen LogP contribution in [0.5, 0.6) is 23.0 Å². The van der Waals surface area contributed by atoms with Gasteiger partial charge < -0.3 is 24.7 Å². The third-order valence-corrected chi connectivity index (χ3v) is 6.58. The molecule has 1 unspecified atom stereocenters. The van der Waals surface area contributed by atoms with Gasteiger partial charge in [-0.15, -0.1) is 0 Å². The lowest BCUT2D eigenvalue weighted by Gasteiger charge is -2.27. The molecule has 210 valence electrons. The molecule has 1 aliphatic rings. The first-order valence-electron chi connectivity index (χ1n) is 12.5. The highest BCUT2D eigenvalue weighted by Crippen LogP contribution is 2.45. The van der Waals surface area contributed by atoms with Gasteiger partial charge in [0, 0.05) is 23.3 Å². The van der Waals surface area contributed by atoms with Gasteiger partial charge in [-0.25, -0.2) is 9.18 Å². The fraction of sp³-hybridized carbons (Fsp3) is 0.0968. The highest BCUT2D eigenvalue weighted by atomic mass is 19.1.